The SMILES string of the molecule is CC1(C)c2cc(-c3ccccc3)c(-c3nc(-c4ccccc4)cc(-c4ccc5c(c4)C(c4ccccc4)(c4ccccc4)c4ccccc4-5)n3)cc2C(C)(C)C1(C)C. The molecule has 1 aromatic heterocycles. The molecule has 0 amide bonds. The second-order valence-electron chi connectivity index (χ2n) is 17.8. The van der Waals surface area contributed by atoms with E-state index in [1.54, 1.807) is 0 Å². The Balaban J connectivity index is 1.25. The van der Waals surface area contributed by atoms with Crippen LogP contribution in [0.25, 0.3) is 56.2 Å². The van der Waals surface area contributed by atoms with Crippen LogP contribution in [-0.4, -0.2) is 9.97 Å². The average Bonchev–Trinajstić information content (AvgIpc) is 3.62. The number of fused-ring (bicyclic) bond motifs is 4. The molecule has 58 heavy (non-hydrogen) atoms. The lowest BCUT2D eigenvalue weighted by Gasteiger charge is -2.44. The van der Waals surface area contributed by atoms with E-state index < -0.39 is 5.41 Å². The van der Waals surface area contributed by atoms with Crippen molar-refractivity contribution >= 4 is 0 Å². The molecule has 10 rings (SSSR count). The average molecular weight is 749 g/mol. The summed E-state index contributed by atoms with van der Waals surface area (Å²) in [7, 11) is 0. The molecule has 282 valence electrons. The van der Waals surface area contributed by atoms with E-state index in [1.807, 2.05) is 0 Å². The summed E-state index contributed by atoms with van der Waals surface area (Å²) in [5.41, 5.74) is 17.1. The Labute approximate surface area is 343 Å². The van der Waals surface area contributed by atoms with Gasteiger partial charge in [0, 0.05) is 16.7 Å². The van der Waals surface area contributed by atoms with Crippen LogP contribution in [0.1, 0.15) is 74.9 Å². The molecule has 0 saturated heterocycles. The van der Waals surface area contributed by atoms with Gasteiger partial charge in [-0.2, -0.15) is 0 Å². The van der Waals surface area contributed by atoms with Gasteiger partial charge in [-0.25, -0.2) is 9.97 Å². The minimum Gasteiger partial charge on any atom is -0.228 e. The van der Waals surface area contributed by atoms with E-state index in [1.165, 1.54) is 50.1 Å². The van der Waals surface area contributed by atoms with Crippen LogP contribution in [0.15, 0.2) is 182 Å². The van der Waals surface area contributed by atoms with Crippen molar-refractivity contribution in [3.05, 3.63) is 215 Å². The molecule has 0 saturated carbocycles. The van der Waals surface area contributed by atoms with Crippen LogP contribution in [0.3, 0.4) is 0 Å². The summed E-state index contributed by atoms with van der Waals surface area (Å²) in [6, 6.07) is 66.3. The largest absolute Gasteiger partial charge is 0.228 e. The standard InChI is InChI=1S/C56H48N2/c1-53(2)48-34-44(37-21-11-7-12-22-37)45(35-49(48)54(3,4)55(53,5)6)52-57-50(38-23-13-8-14-24-38)36-51(58-52)39-31-32-43-42-29-19-20-30-46(42)56(47(43)33-39,40-25-15-9-16-26-40)41-27-17-10-18-28-41/h7-36H,1-6H3. The first kappa shape index (κ1) is 36.0. The van der Waals surface area contributed by atoms with Crippen LogP contribution in [-0.2, 0) is 16.2 Å². The molecule has 0 fully saturated rings. The van der Waals surface area contributed by atoms with Crippen LogP contribution < -0.4 is 0 Å². The highest BCUT2D eigenvalue weighted by atomic mass is 14.9. The number of hydrogen-bond acceptors (Lipinski definition) is 2. The molecule has 0 radical (unpaired) electrons. The minimum atomic E-state index is -0.506. The molecular weight excluding hydrogens is 701 g/mol. The van der Waals surface area contributed by atoms with E-state index in [-0.39, 0.29) is 16.2 Å². The molecule has 0 atom stereocenters. The highest BCUT2D eigenvalue weighted by Crippen LogP contribution is 2.63. The summed E-state index contributed by atoms with van der Waals surface area (Å²) in [4.78, 5) is 11.0. The van der Waals surface area contributed by atoms with Crippen LogP contribution in [0.4, 0.5) is 0 Å². The van der Waals surface area contributed by atoms with Crippen molar-refractivity contribution in [2.75, 3.05) is 0 Å². The van der Waals surface area contributed by atoms with Gasteiger partial charge < -0.3 is 0 Å². The Bertz CT molecular complexity index is 2790. The van der Waals surface area contributed by atoms with Gasteiger partial charge in [-0.05, 0) is 96.1 Å². The molecule has 7 aromatic carbocycles. The predicted molar refractivity (Wildman–Crippen MR) is 241 cm³/mol. The first-order chi connectivity index (χ1) is 28.0. The molecular formula is C56H48N2. The van der Waals surface area contributed by atoms with Gasteiger partial charge in [0.05, 0.1) is 16.8 Å². The smallest absolute Gasteiger partial charge is 0.161 e. The van der Waals surface area contributed by atoms with Gasteiger partial charge in [-0.1, -0.05) is 199 Å². The Kier molecular flexibility index (Phi) is 8.12. The van der Waals surface area contributed by atoms with E-state index in [9.17, 15) is 0 Å². The molecule has 0 N–H and O–H groups in total. The van der Waals surface area contributed by atoms with Crippen molar-refractivity contribution in [3.63, 3.8) is 0 Å². The maximum atomic E-state index is 5.59. The maximum Gasteiger partial charge on any atom is 0.161 e. The lowest BCUT2D eigenvalue weighted by molar-refractivity contribution is 0.125. The van der Waals surface area contributed by atoms with E-state index in [0.29, 0.717) is 0 Å². The van der Waals surface area contributed by atoms with Gasteiger partial charge in [0.25, 0.3) is 0 Å². The molecule has 2 nitrogen and oxygen atoms in total. The zero-order chi connectivity index (χ0) is 39.9. The fourth-order valence-electron chi connectivity index (χ4n) is 10.2. The van der Waals surface area contributed by atoms with Gasteiger partial charge in [-0.3, -0.25) is 0 Å². The van der Waals surface area contributed by atoms with Crippen LogP contribution >= 0.6 is 0 Å². The molecule has 2 aliphatic rings. The van der Waals surface area contributed by atoms with Gasteiger partial charge >= 0.3 is 0 Å². The number of rotatable bonds is 6. The summed E-state index contributed by atoms with van der Waals surface area (Å²) >= 11 is 0. The van der Waals surface area contributed by atoms with E-state index in [2.05, 4.69) is 224 Å². The molecule has 2 heteroatoms. The van der Waals surface area contributed by atoms with Gasteiger partial charge in [0.2, 0.25) is 0 Å². The summed E-state index contributed by atoms with van der Waals surface area (Å²) in [5, 5.41) is 0. The lowest BCUT2D eigenvalue weighted by Crippen LogP contribution is -2.42. The number of hydrogen-bond donors (Lipinski definition) is 0. The zero-order valence-electron chi connectivity index (χ0n) is 34.2. The summed E-state index contributed by atoms with van der Waals surface area (Å²) in [6.45, 7) is 14.5. The molecule has 0 spiro atoms. The number of aromatic nitrogens is 2. The quantitative estimate of drug-likeness (QED) is 0.169. The van der Waals surface area contributed by atoms with E-state index in [4.69, 9.17) is 9.97 Å². The summed E-state index contributed by atoms with van der Waals surface area (Å²) < 4.78 is 0. The van der Waals surface area contributed by atoms with Crippen molar-refractivity contribution < 1.29 is 0 Å². The highest BCUT2D eigenvalue weighted by Gasteiger charge is 2.57. The third-order valence-corrected chi connectivity index (χ3v) is 14.5. The fourth-order valence-corrected chi connectivity index (χ4v) is 10.2. The molecule has 0 bridgehead atoms. The van der Waals surface area contributed by atoms with Crippen LogP contribution in [0.5, 0.6) is 0 Å². The topological polar surface area (TPSA) is 25.8 Å². The molecule has 2 aliphatic carbocycles. The Morgan fingerprint density at radius 1 is 0.328 bits per heavy atom. The van der Waals surface area contributed by atoms with E-state index in [0.717, 1.165) is 39.5 Å². The Morgan fingerprint density at radius 2 is 0.793 bits per heavy atom. The van der Waals surface area contributed by atoms with Crippen LogP contribution in [0, 0.1) is 5.41 Å². The number of nitrogens with zero attached hydrogens (tertiary/aromatic N) is 2. The normalized spacial score (nSPS) is 16.3. The molecule has 0 aliphatic heterocycles. The minimum absolute atomic E-state index is 0.0127. The highest BCUT2D eigenvalue weighted by molar-refractivity contribution is 5.89. The summed E-state index contributed by atoms with van der Waals surface area (Å²) in [6.07, 6.45) is 0. The maximum absolute atomic E-state index is 5.59. The van der Waals surface area contributed by atoms with Crippen molar-refractivity contribution in [3.8, 4) is 56.2 Å². The molecule has 8 aromatic rings. The number of benzene rings is 7. The van der Waals surface area contributed by atoms with Crippen molar-refractivity contribution in [1.29, 1.82) is 0 Å². The third kappa shape index (κ3) is 5.10. The Hall–Kier alpha value is -6.38. The predicted octanol–water partition coefficient (Wildman–Crippen LogP) is 14.1. The summed E-state index contributed by atoms with van der Waals surface area (Å²) in [5.74, 6) is 0.734. The van der Waals surface area contributed by atoms with Crippen LogP contribution in [0.2, 0.25) is 0 Å². The fraction of sp³-hybridized carbons (Fsp3) is 0.179. The molecule has 1 heterocycles. The monoisotopic (exact) mass is 748 g/mol. The third-order valence-electron chi connectivity index (χ3n) is 14.5. The Morgan fingerprint density at radius 3 is 1.38 bits per heavy atom. The van der Waals surface area contributed by atoms with Crippen molar-refractivity contribution in [2.24, 2.45) is 5.41 Å². The second-order valence-corrected chi connectivity index (χ2v) is 17.8. The second kappa shape index (κ2) is 13.1. The van der Waals surface area contributed by atoms with Crippen molar-refractivity contribution in [2.45, 2.75) is 57.8 Å². The first-order valence-corrected chi connectivity index (χ1v) is 20.6. The molecule has 0 unspecified atom stereocenters. The van der Waals surface area contributed by atoms with E-state index >= 15 is 0 Å². The van der Waals surface area contributed by atoms with Crippen molar-refractivity contribution in [1.82, 2.24) is 9.97 Å². The first-order valence-electron chi connectivity index (χ1n) is 20.6. The van der Waals surface area contributed by atoms with Gasteiger partial charge in [0.15, 0.2) is 5.82 Å². The lowest BCUT2D eigenvalue weighted by atomic mass is 9.59. The zero-order valence-corrected chi connectivity index (χ0v) is 34.2. The van der Waals surface area contributed by atoms with Gasteiger partial charge in [0.1, 0.15) is 0 Å². The van der Waals surface area contributed by atoms with Gasteiger partial charge in [-0.15, -0.1) is 0 Å².